The van der Waals surface area contributed by atoms with E-state index in [1.54, 1.807) is 6.92 Å². The predicted molar refractivity (Wildman–Crippen MR) is 90.9 cm³/mol. The highest BCUT2D eigenvalue weighted by molar-refractivity contribution is 5.74. The summed E-state index contributed by atoms with van der Waals surface area (Å²) < 4.78 is 6.83. The minimum Gasteiger partial charge on any atom is -0.466 e. The fourth-order valence-electron chi connectivity index (χ4n) is 2.38. The molecule has 3 rings (SSSR count). The van der Waals surface area contributed by atoms with Crippen molar-refractivity contribution in [1.29, 1.82) is 0 Å². The molecule has 0 bridgehead atoms. The number of nitrogens with zero attached hydrogens (tertiary/aromatic N) is 4. The molecule has 0 spiro atoms. The summed E-state index contributed by atoms with van der Waals surface area (Å²) in [6, 6.07) is 13.4. The Morgan fingerprint density at radius 2 is 1.96 bits per heavy atom. The number of ether oxygens (including phenoxy) is 1. The summed E-state index contributed by atoms with van der Waals surface area (Å²) in [5.41, 5.74) is 3.08. The normalized spacial score (nSPS) is 11.2. The standard InChI is InChI=1S/C18H18N4O2/c1-3-24-17(23)12-15-18(22-11-7-6-10-16(22)19-15)21-20-14-9-5-4-8-13(14)2/h4-11H,3,12H2,1-2H3. The molecule has 2 aromatic heterocycles. The number of carbonyl (C=O) groups excluding carboxylic acids is 1. The highest BCUT2D eigenvalue weighted by Gasteiger charge is 2.16. The van der Waals surface area contributed by atoms with E-state index in [-0.39, 0.29) is 12.4 Å². The van der Waals surface area contributed by atoms with Crippen LogP contribution in [0.2, 0.25) is 0 Å². The molecule has 0 N–H and O–H groups in total. The summed E-state index contributed by atoms with van der Waals surface area (Å²) in [7, 11) is 0. The van der Waals surface area contributed by atoms with E-state index < -0.39 is 0 Å². The fraction of sp³-hybridized carbons (Fsp3) is 0.222. The van der Waals surface area contributed by atoms with Crippen molar-refractivity contribution in [1.82, 2.24) is 9.38 Å². The first-order chi connectivity index (χ1) is 11.7. The molecule has 2 heterocycles. The third-order valence-corrected chi connectivity index (χ3v) is 3.56. The van der Waals surface area contributed by atoms with Gasteiger partial charge in [-0.2, -0.15) is 0 Å². The van der Waals surface area contributed by atoms with E-state index in [2.05, 4.69) is 15.2 Å². The van der Waals surface area contributed by atoms with Gasteiger partial charge in [0.05, 0.1) is 24.4 Å². The topological polar surface area (TPSA) is 68.3 Å². The molecule has 0 saturated carbocycles. The Morgan fingerprint density at radius 3 is 2.75 bits per heavy atom. The maximum atomic E-state index is 11.8. The van der Waals surface area contributed by atoms with Crippen LogP contribution in [0, 0.1) is 6.92 Å². The SMILES string of the molecule is CCOC(=O)Cc1nc2ccccn2c1N=Nc1ccccc1C. The smallest absolute Gasteiger partial charge is 0.312 e. The Kier molecular flexibility index (Phi) is 4.65. The maximum absolute atomic E-state index is 11.8. The van der Waals surface area contributed by atoms with Gasteiger partial charge in [0.15, 0.2) is 5.82 Å². The van der Waals surface area contributed by atoms with Gasteiger partial charge in [0.2, 0.25) is 0 Å². The molecule has 0 aliphatic heterocycles. The summed E-state index contributed by atoms with van der Waals surface area (Å²) in [6.07, 6.45) is 1.92. The first kappa shape index (κ1) is 15.9. The molecule has 0 amide bonds. The van der Waals surface area contributed by atoms with E-state index in [1.165, 1.54) is 0 Å². The summed E-state index contributed by atoms with van der Waals surface area (Å²) in [4.78, 5) is 16.3. The van der Waals surface area contributed by atoms with Gasteiger partial charge in [-0.15, -0.1) is 10.2 Å². The number of fused-ring (bicyclic) bond motifs is 1. The zero-order chi connectivity index (χ0) is 16.9. The second-order valence-corrected chi connectivity index (χ2v) is 5.28. The molecule has 24 heavy (non-hydrogen) atoms. The number of aromatic nitrogens is 2. The molecule has 122 valence electrons. The van der Waals surface area contributed by atoms with Crippen LogP contribution < -0.4 is 0 Å². The van der Waals surface area contributed by atoms with Crippen LogP contribution in [0.1, 0.15) is 18.2 Å². The van der Waals surface area contributed by atoms with Crippen molar-refractivity contribution >= 4 is 23.1 Å². The van der Waals surface area contributed by atoms with E-state index >= 15 is 0 Å². The van der Waals surface area contributed by atoms with Crippen LogP contribution in [-0.4, -0.2) is 22.0 Å². The molecular weight excluding hydrogens is 304 g/mol. The van der Waals surface area contributed by atoms with Crippen molar-refractivity contribution in [2.24, 2.45) is 10.2 Å². The number of hydrogen-bond acceptors (Lipinski definition) is 5. The van der Waals surface area contributed by atoms with Gasteiger partial charge in [-0.05, 0) is 37.6 Å². The summed E-state index contributed by atoms with van der Waals surface area (Å²) in [5.74, 6) is 0.218. The Labute approximate surface area is 139 Å². The summed E-state index contributed by atoms with van der Waals surface area (Å²) in [6.45, 7) is 4.09. The largest absolute Gasteiger partial charge is 0.466 e. The minimum absolute atomic E-state index is 0.0671. The molecule has 0 unspecified atom stereocenters. The van der Waals surface area contributed by atoms with Crippen LogP contribution in [-0.2, 0) is 16.0 Å². The first-order valence-electron chi connectivity index (χ1n) is 7.78. The van der Waals surface area contributed by atoms with Gasteiger partial charge >= 0.3 is 5.97 Å². The first-order valence-corrected chi connectivity index (χ1v) is 7.78. The molecule has 0 saturated heterocycles. The molecule has 3 aromatic rings. The predicted octanol–water partition coefficient (Wildman–Crippen LogP) is 4.16. The van der Waals surface area contributed by atoms with Gasteiger partial charge in [0.25, 0.3) is 0 Å². The van der Waals surface area contributed by atoms with Gasteiger partial charge in [-0.1, -0.05) is 24.3 Å². The lowest BCUT2D eigenvalue weighted by Gasteiger charge is -2.01. The van der Waals surface area contributed by atoms with E-state index in [0.29, 0.717) is 18.1 Å². The maximum Gasteiger partial charge on any atom is 0.312 e. The quantitative estimate of drug-likeness (QED) is 0.523. The van der Waals surface area contributed by atoms with Crippen molar-refractivity contribution in [2.75, 3.05) is 6.61 Å². The van der Waals surface area contributed by atoms with Crippen LogP contribution in [0.25, 0.3) is 5.65 Å². The van der Waals surface area contributed by atoms with Crippen molar-refractivity contribution < 1.29 is 9.53 Å². The summed E-state index contributed by atoms with van der Waals surface area (Å²) in [5, 5.41) is 8.68. The number of azo groups is 1. The Morgan fingerprint density at radius 1 is 1.17 bits per heavy atom. The number of rotatable bonds is 5. The highest BCUT2D eigenvalue weighted by atomic mass is 16.5. The van der Waals surface area contributed by atoms with Crippen molar-refractivity contribution in [2.45, 2.75) is 20.3 Å². The van der Waals surface area contributed by atoms with Crippen LogP contribution >= 0.6 is 0 Å². The lowest BCUT2D eigenvalue weighted by molar-refractivity contribution is -0.142. The van der Waals surface area contributed by atoms with Crippen LogP contribution in [0.5, 0.6) is 0 Å². The molecule has 0 aliphatic carbocycles. The van der Waals surface area contributed by atoms with Gasteiger partial charge in [-0.3, -0.25) is 9.20 Å². The monoisotopic (exact) mass is 322 g/mol. The third kappa shape index (κ3) is 3.32. The van der Waals surface area contributed by atoms with Crippen LogP contribution in [0.4, 0.5) is 11.5 Å². The molecule has 0 atom stereocenters. The molecule has 6 heteroatoms. The zero-order valence-corrected chi connectivity index (χ0v) is 13.6. The minimum atomic E-state index is -0.326. The molecular formula is C18H18N4O2. The van der Waals surface area contributed by atoms with Gasteiger partial charge < -0.3 is 4.74 Å². The average molecular weight is 322 g/mol. The second kappa shape index (κ2) is 7.04. The van der Waals surface area contributed by atoms with Crippen molar-refractivity contribution in [3.63, 3.8) is 0 Å². The Bertz CT molecular complexity index is 899. The number of benzene rings is 1. The number of aryl methyl sites for hydroxylation is 1. The van der Waals surface area contributed by atoms with Gasteiger partial charge in [0.1, 0.15) is 5.65 Å². The van der Waals surface area contributed by atoms with Gasteiger partial charge in [-0.25, -0.2) is 4.98 Å². The number of carbonyl (C=O) groups is 1. The van der Waals surface area contributed by atoms with Crippen molar-refractivity contribution in [3.05, 3.63) is 59.9 Å². The molecule has 0 fully saturated rings. The number of imidazole rings is 1. The third-order valence-electron chi connectivity index (χ3n) is 3.56. The summed E-state index contributed by atoms with van der Waals surface area (Å²) >= 11 is 0. The van der Waals surface area contributed by atoms with Crippen LogP contribution in [0.15, 0.2) is 58.9 Å². The van der Waals surface area contributed by atoms with Crippen molar-refractivity contribution in [3.8, 4) is 0 Å². The number of pyridine rings is 1. The van der Waals surface area contributed by atoms with E-state index in [4.69, 9.17) is 4.74 Å². The molecule has 0 aliphatic rings. The van der Waals surface area contributed by atoms with Crippen LogP contribution in [0.3, 0.4) is 0 Å². The average Bonchev–Trinajstić information content (AvgIpc) is 2.91. The Hall–Kier alpha value is -3.02. The lowest BCUT2D eigenvalue weighted by Crippen LogP contribution is -2.07. The Balaban J connectivity index is 2.01. The number of esters is 1. The zero-order valence-electron chi connectivity index (χ0n) is 13.6. The van der Waals surface area contributed by atoms with E-state index in [0.717, 1.165) is 16.9 Å². The lowest BCUT2D eigenvalue weighted by atomic mass is 10.2. The molecule has 6 nitrogen and oxygen atoms in total. The van der Waals surface area contributed by atoms with E-state index in [1.807, 2.05) is 60.0 Å². The van der Waals surface area contributed by atoms with Gasteiger partial charge in [0, 0.05) is 6.20 Å². The fourth-order valence-corrected chi connectivity index (χ4v) is 2.38. The highest BCUT2D eigenvalue weighted by Crippen LogP contribution is 2.26. The van der Waals surface area contributed by atoms with E-state index in [9.17, 15) is 4.79 Å². The second-order valence-electron chi connectivity index (χ2n) is 5.28. The number of hydrogen-bond donors (Lipinski definition) is 0. The molecule has 0 radical (unpaired) electrons. The molecule has 1 aromatic carbocycles.